The van der Waals surface area contributed by atoms with Gasteiger partial charge in [-0.3, -0.25) is 0 Å². The van der Waals surface area contributed by atoms with Crippen LogP contribution in [-0.4, -0.2) is 29.3 Å². The average molecular weight is 231 g/mol. The van der Waals surface area contributed by atoms with Gasteiger partial charge >= 0.3 is 0 Å². The summed E-state index contributed by atoms with van der Waals surface area (Å²) in [6.07, 6.45) is 1.59. The summed E-state index contributed by atoms with van der Waals surface area (Å²) in [7, 11) is 0. The van der Waals surface area contributed by atoms with Crippen LogP contribution < -0.4 is 4.74 Å². The molecule has 0 radical (unpaired) electrons. The monoisotopic (exact) mass is 230 g/mol. The highest BCUT2D eigenvalue weighted by Crippen LogP contribution is 2.19. The summed E-state index contributed by atoms with van der Waals surface area (Å²) in [5.41, 5.74) is 0.753. The van der Waals surface area contributed by atoms with E-state index in [1.54, 1.807) is 0 Å². The van der Waals surface area contributed by atoms with Crippen LogP contribution >= 0.6 is 11.6 Å². The van der Waals surface area contributed by atoms with Crippen molar-refractivity contribution in [1.82, 2.24) is 9.97 Å². The maximum absolute atomic E-state index is 5.81. The van der Waals surface area contributed by atoms with Gasteiger partial charge in [-0.25, -0.2) is 9.97 Å². The van der Waals surface area contributed by atoms with E-state index >= 15 is 0 Å². The first kappa shape index (κ1) is 12.2. The Morgan fingerprint density at radius 2 is 2.07 bits per heavy atom. The van der Waals surface area contributed by atoms with Gasteiger partial charge in [0.05, 0.1) is 12.7 Å². The predicted molar refractivity (Wildman–Crippen MR) is 58.4 cm³/mol. The second-order valence-corrected chi connectivity index (χ2v) is 3.72. The van der Waals surface area contributed by atoms with Gasteiger partial charge in [-0.2, -0.15) is 0 Å². The Hall–Kier alpha value is -0.870. The zero-order chi connectivity index (χ0) is 11.3. The molecule has 0 aliphatic rings. The first-order chi connectivity index (χ1) is 7.11. The third-order valence-corrected chi connectivity index (χ3v) is 2.13. The number of hydrogen-bond acceptors (Lipinski definition) is 4. The summed E-state index contributed by atoms with van der Waals surface area (Å²) < 4.78 is 10.7. The van der Waals surface area contributed by atoms with Crippen molar-refractivity contribution in [2.75, 3.05) is 13.2 Å². The zero-order valence-corrected chi connectivity index (χ0v) is 9.91. The van der Waals surface area contributed by atoms with Crippen molar-refractivity contribution >= 4 is 11.6 Å². The van der Waals surface area contributed by atoms with Crippen LogP contribution in [0.3, 0.4) is 0 Å². The molecule has 0 saturated carbocycles. The van der Waals surface area contributed by atoms with Gasteiger partial charge in [0.1, 0.15) is 18.1 Å². The van der Waals surface area contributed by atoms with Gasteiger partial charge < -0.3 is 9.47 Å². The van der Waals surface area contributed by atoms with Crippen molar-refractivity contribution in [2.24, 2.45) is 0 Å². The third kappa shape index (κ3) is 4.01. The van der Waals surface area contributed by atoms with Crippen molar-refractivity contribution in [2.45, 2.75) is 26.9 Å². The molecule has 5 heteroatoms. The number of hydrogen-bond donors (Lipinski definition) is 0. The van der Waals surface area contributed by atoms with Crippen LogP contribution in [0.1, 0.15) is 19.4 Å². The minimum atomic E-state index is 0.212. The minimum absolute atomic E-state index is 0.212. The third-order valence-electron chi connectivity index (χ3n) is 1.75. The molecule has 84 valence electrons. The molecule has 1 rings (SSSR count). The molecule has 1 aromatic heterocycles. The lowest BCUT2D eigenvalue weighted by atomic mass is 10.4. The van der Waals surface area contributed by atoms with Crippen LogP contribution in [0.15, 0.2) is 6.33 Å². The van der Waals surface area contributed by atoms with E-state index in [1.807, 2.05) is 20.8 Å². The van der Waals surface area contributed by atoms with E-state index in [9.17, 15) is 0 Å². The Bertz CT molecular complexity index is 318. The summed E-state index contributed by atoms with van der Waals surface area (Å²) in [5, 5.41) is 0.421. The van der Waals surface area contributed by atoms with Gasteiger partial charge in [0, 0.05) is 5.56 Å². The summed E-state index contributed by atoms with van der Waals surface area (Å²) in [6, 6.07) is 0. The first-order valence-corrected chi connectivity index (χ1v) is 5.20. The van der Waals surface area contributed by atoms with E-state index in [0.29, 0.717) is 24.2 Å². The zero-order valence-electron chi connectivity index (χ0n) is 9.16. The Morgan fingerprint density at radius 1 is 1.33 bits per heavy atom. The van der Waals surface area contributed by atoms with E-state index < -0.39 is 0 Å². The van der Waals surface area contributed by atoms with Crippen molar-refractivity contribution in [3.05, 3.63) is 17.0 Å². The fourth-order valence-corrected chi connectivity index (χ4v) is 1.11. The Balaban J connectivity index is 2.41. The lowest BCUT2D eigenvalue weighted by molar-refractivity contribution is 0.0540. The second kappa shape index (κ2) is 5.88. The molecule has 0 unspecified atom stereocenters. The number of ether oxygens (including phenoxy) is 2. The van der Waals surface area contributed by atoms with Gasteiger partial charge in [0.2, 0.25) is 5.88 Å². The number of aromatic nitrogens is 2. The molecule has 0 N–H and O–H groups in total. The van der Waals surface area contributed by atoms with E-state index in [1.165, 1.54) is 6.33 Å². The van der Waals surface area contributed by atoms with Gasteiger partial charge in [-0.15, -0.1) is 0 Å². The summed E-state index contributed by atoms with van der Waals surface area (Å²) in [5.74, 6) is 0.516. The van der Waals surface area contributed by atoms with Gasteiger partial charge in [-0.05, 0) is 20.8 Å². The molecule has 1 heterocycles. The molecule has 0 aliphatic carbocycles. The van der Waals surface area contributed by atoms with Crippen LogP contribution in [0.4, 0.5) is 0 Å². The van der Waals surface area contributed by atoms with Crippen molar-refractivity contribution < 1.29 is 9.47 Å². The molecule has 0 amide bonds. The summed E-state index contributed by atoms with van der Waals surface area (Å²) in [4.78, 5) is 7.82. The van der Waals surface area contributed by atoms with Crippen LogP contribution in [0.2, 0.25) is 5.15 Å². The lowest BCUT2D eigenvalue weighted by Crippen LogP contribution is -2.12. The summed E-state index contributed by atoms with van der Waals surface area (Å²) >= 11 is 5.81. The molecular formula is C10H15ClN2O2. The molecular weight excluding hydrogens is 216 g/mol. The SMILES string of the molecule is Cc1c(Cl)ncnc1OCCOC(C)C. The number of nitrogens with zero attached hydrogens (tertiary/aromatic N) is 2. The largest absolute Gasteiger partial charge is 0.475 e. The molecule has 15 heavy (non-hydrogen) atoms. The molecule has 4 nitrogen and oxygen atoms in total. The van der Waals surface area contributed by atoms with Gasteiger partial charge in [0.15, 0.2) is 0 Å². The first-order valence-electron chi connectivity index (χ1n) is 4.82. The fourth-order valence-electron chi connectivity index (χ4n) is 0.982. The van der Waals surface area contributed by atoms with Crippen LogP contribution in [0.25, 0.3) is 0 Å². The molecule has 0 bridgehead atoms. The molecule has 0 aliphatic heterocycles. The van der Waals surface area contributed by atoms with Crippen LogP contribution in [-0.2, 0) is 4.74 Å². The molecule has 0 aromatic carbocycles. The smallest absolute Gasteiger partial charge is 0.220 e. The van der Waals surface area contributed by atoms with E-state index in [4.69, 9.17) is 21.1 Å². The molecule has 0 saturated heterocycles. The second-order valence-electron chi connectivity index (χ2n) is 3.36. The van der Waals surface area contributed by atoms with Gasteiger partial charge in [-0.1, -0.05) is 11.6 Å². The number of halogens is 1. The summed E-state index contributed by atoms with van der Waals surface area (Å²) in [6.45, 7) is 6.78. The Labute approximate surface area is 94.6 Å². The van der Waals surface area contributed by atoms with Crippen molar-refractivity contribution in [1.29, 1.82) is 0 Å². The van der Waals surface area contributed by atoms with Crippen LogP contribution in [0.5, 0.6) is 5.88 Å². The lowest BCUT2D eigenvalue weighted by Gasteiger charge is -2.10. The quantitative estimate of drug-likeness (QED) is 0.575. The Morgan fingerprint density at radius 3 is 2.73 bits per heavy atom. The highest BCUT2D eigenvalue weighted by Gasteiger charge is 2.05. The normalized spacial score (nSPS) is 10.7. The molecule has 0 fully saturated rings. The van der Waals surface area contributed by atoms with Gasteiger partial charge in [0.25, 0.3) is 0 Å². The standard InChI is InChI=1S/C10H15ClN2O2/c1-7(2)14-4-5-15-10-8(3)9(11)12-6-13-10/h6-7H,4-5H2,1-3H3. The minimum Gasteiger partial charge on any atom is -0.475 e. The topological polar surface area (TPSA) is 44.2 Å². The molecule has 1 aromatic rings. The maximum Gasteiger partial charge on any atom is 0.220 e. The average Bonchev–Trinajstić information content (AvgIpc) is 2.18. The molecule has 0 atom stereocenters. The van der Waals surface area contributed by atoms with Crippen LogP contribution in [0, 0.1) is 6.92 Å². The highest BCUT2D eigenvalue weighted by atomic mass is 35.5. The van der Waals surface area contributed by atoms with Crippen molar-refractivity contribution in [3.8, 4) is 5.88 Å². The highest BCUT2D eigenvalue weighted by molar-refractivity contribution is 6.30. The fraction of sp³-hybridized carbons (Fsp3) is 0.600. The van der Waals surface area contributed by atoms with E-state index in [-0.39, 0.29) is 6.10 Å². The van der Waals surface area contributed by atoms with E-state index in [2.05, 4.69) is 9.97 Å². The maximum atomic E-state index is 5.81. The Kier molecular flexibility index (Phi) is 4.78. The van der Waals surface area contributed by atoms with Crippen molar-refractivity contribution in [3.63, 3.8) is 0 Å². The molecule has 0 spiro atoms. The predicted octanol–water partition coefficient (Wildman–Crippen LogP) is 2.24. The number of rotatable bonds is 5. The van der Waals surface area contributed by atoms with E-state index in [0.717, 1.165) is 5.56 Å².